The highest BCUT2D eigenvalue weighted by Gasteiger charge is 2.10. The molecule has 0 aromatic heterocycles. The van der Waals surface area contributed by atoms with E-state index in [1.165, 1.54) is 98.4 Å². The van der Waals surface area contributed by atoms with E-state index in [9.17, 15) is 0 Å². The summed E-state index contributed by atoms with van der Waals surface area (Å²) in [6, 6.07) is 26.1. The second kappa shape index (κ2) is 19.5. The van der Waals surface area contributed by atoms with E-state index in [0.29, 0.717) is 0 Å². The lowest BCUT2D eigenvalue weighted by atomic mass is 9.94. The molecule has 0 aliphatic rings. The molecule has 3 aromatic rings. The molecule has 0 aliphatic carbocycles. The van der Waals surface area contributed by atoms with Crippen LogP contribution in [0.1, 0.15) is 122 Å². The summed E-state index contributed by atoms with van der Waals surface area (Å²) in [5, 5.41) is 0. The molecule has 2 heteroatoms. The first-order valence-corrected chi connectivity index (χ1v) is 16.3. The highest BCUT2D eigenvalue weighted by Crippen LogP contribution is 2.33. The van der Waals surface area contributed by atoms with Gasteiger partial charge in [-0.25, -0.2) is 0 Å². The van der Waals surface area contributed by atoms with Crippen LogP contribution in [-0.4, -0.2) is 13.2 Å². The van der Waals surface area contributed by atoms with Gasteiger partial charge in [0.15, 0.2) is 0 Å². The molecule has 0 saturated heterocycles. The zero-order valence-corrected chi connectivity index (χ0v) is 25.6. The van der Waals surface area contributed by atoms with Gasteiger partial charge >= 0.3 is 0 Å². The van der Waals surface area contributed by atoms with Crippen molar-refractivity contribution in [1.29, 1.82) is 0 Å². The summed E-state index contributed by atoms with van der Waals surface area (Å²) in [6.45, 7) is 8.25. The fourth-order valence-electron chi connectivity index (χ4n) is 5.28. The Morgan fingerprint density at radius 3 is 1.50 bits per heavy atom. The first-order valence-electron chi connectivity index (χ1n) is 16.3. The van der Waals surface area contributed by atoms with E-state index in [2.05, 4.69) is 93.6 Å². The molecule has 1 unspecified atom stereocenters. The first-order chi connectivity index (χ1) is 19.7. The molecule has 0 amide bonds. The minimum absolute atomic E-state index is 0.123. The number of unbranched alkanes of at least 4 members (excludes halogenated alkanes) is 12. The molecule has 0 fully saturated rings. The maximum absolute atomic E-state index is 6.06. The van der Waals surface area contributed by atoms with E-state index in [4.69, 9.17) is 9.47 Å². The molecular weight excluding hydrogens is 488 g/mol. The standard InChI is InChI=1S/C38H54O2/c1-4-6-8-9-10-11-12-13-14-15-16-19-31-40-36-28-26-35(27-29-36)38-21-18-17-20-37(38)34-24-22-33(23-25-34)32(3)39-30-7-5-2/h17-18,20-29,32H,4-16,19,30-31H2,1-3H3. The third-order valence-electron chi connectivity index (χ3n) is 7.92. The summed E-state index contributed by atoms with van der Waals surface area (Å²) in [4.78, 5) is 0. The lowest BCUT2D eigenvalue weighted by molar-refractivity contribution is 0.0637. The predicted octanol–water partition coefficient (Wildman–Crippen LogP) is 12.0. The fourth-order valence-corrected chi connectivity index (χ4v) is 5.28. The maximum atomic E-state index is 6.06. The van der Waals surface area contributed by atoms with Crippen molar-refractivity contribution in [3.8, 4) is 28.0 Å². The fraction of sp³-hybridized carbons (Fsp3) is 0.526. The zero-order valence-electron chi connectivity index (χ0n) is 25.6. The largest absolute Gasteiger partial charge is 0.494 e. The van der Waals surface area contributed by atoms with Crippen molar-refractivity contribution >= 4 is 0 Å². The third-order valence-corrected chi connectivity index (χ3v) is 7.92. The smallest absolute Gasteiger partial charge is 0.119 e. The molecule has 218 valence electrons. The molecule has 3 aromatic carbocycles. The van der Waals surface area contributed by atoms with E-state index in [-0.39, 0.29) is 6.10 Å². The molecule has 0 heterocycles. The highest BCUT2D eigenvalue weighted by atomic mass is 16.5. The van der Waals surface area contributed by atoms with Gasteiger partial charge in [-0.1, -0.05) is 152 Å². The van der Waals surface area contributed by atoms with Gasteiger partial charge < -0.3 is 9.47 Å². The van der Waals surface area contributed by atoms with Gasteiger partial charge in [-0.15, -0.1) is 0 Å². The average molecular weight is 543 g/mol. The first kappa shape index (κ1) is 31.9. The Bertz CT molecular complexity index is 1040. The van der Waals surface area contributed by atoms with E-state index in [0.717, 1.165) is 38.2 Å². The van der Waals surface area contributed by atoms with Crippen molar-refractivity contribution in [2.45, 2.75) is 117 Å². The van der Waals surface area contributed by atoms with Crippen LogP contribution in [0.15, 0.2) is 72.8 Å². The summed E-state index contributed by atoms with van der Waals surface area (Å²) < 4.78 is 12.0. The molecule has 3 rings (SSSR count). The minimum atomic E-state index is 0.123. The third kappa shape index (κ3) is 11.5. The van der Waals surface area contributed by atoms with Crippen LogP contribution < -0.4 is 4.74 Å². The Balaban J connectivity index is 1.40. The van der Waals surface area contributed by atoms with Crippen molar-refractivity contribution in [3.05, 3.63) is 78.4 Å². The van der Waals surface area contributed by atoms with Gasteiger partial charge in [-0.3, -0.25) is 0 Å². The molecule has 2 nitrogen and oxygen atoms in total. The second-order valence-electron chi connectivity index (χ2n) is 11.3. The van der Waals surface area contributed by atoms with E-state index < -0.39 is 0 Å². The molecule has 0 radical (unpaired) electrons. The van der Waals surface area contributed by atoms with Crippen molar-refractivity contribution in [3.63, 3.8) is 0 Å². The Labute approximate surface area is 245 Å². The SMILES string of the molecule is CCCCCCCCCCCCCCOc1ccc(-c2ccccc2-c2ccc(C(C)OCCCC)cc2)cc1. The van der Waals surface area contributed by atoms with Crippen molar-refractivity contribution in [2.24, 2.45) is 0 Å². The summed E-state index contributed by atoms with van der Waals surface area (Å²) in [5.41, 5.74) is 6.17. The van der Waals surface area contributed by atoms with Crippen LogP contribution in [0.2, 0.25) is 0 Å². The molecule has 1 atom stereocenters. The summed E-state index contributed by atoms with van der Waals surface area (Å²) in [5.74, 6) is 0.964. The van der Waals surface area contributed by atoms with Gasteiger partial charge in [0.1, 0.15) is 5.75 Å². The number of hydrogen-bond donors (Lipinski definition) is 0. The molecule has 0 saturated carbocycles. The zero-order chi connectivity index (χ0) is 28.3. The van der Waals surface area contributed by atoms with Crippen molar-refractivity contribution in [2.75, 3.05) is 13.2 Å². The van der Waals surface area contributed by atoms with E-state index in [1.54, 1.807) is 0 Å². The minimum Gasteiger partial charge on any atom is -0.494 e. The van der Waals surface area contributed by atoms with Gasteiger partial charge in [0.05, 0.1) is 12.7 Å². The summed E-state index contributed by atoms with van der Waals surface area (Å²) in [7, 11) is 0. The van der Waals surface area contributed by atoms with Crippen LogP contribution in [0.3, 0.4) is 0 Å². The maximum Gasteiger partial charge on any atom is 0.119 e. The van der Waals surface area contributed by atoms with E-state index in [1.807, 2.05) is 0 Å². The number of ether oxygens (including phenoxy) is 2. The average Bonchev–Trinajstić information content (AvgIpc) is 3.00. The quantitative estimate of drug-likeness (QED) is 0.125. The Morgan fingerprint density at radius 1 is 0.500 bits per heavy atom. The van der Waals surface area contributed by atoms with Gasteiger partial charge in [0.2, 0.25) is 0 Å². The van der Waals surface area contributed by atoms with Gasteiger partial charge in [0.25, 0.3) is 0 Å². The Kier molecular flexibility index (Phi) is 15.6. The van der Waals surface area contributed by atoms with Crippen LogP contribution in [0.25, 0.3) is 22.3 Å². The number of benzene rings is 3. The molecular formula is C38H54O2. The summed E-state index contributed by atoms with van der Waals surface area (Å²) in [6.07, 6.45) is 18.8. The van der Waals surface area contributed by atoms with Gasteiger partial charge in [-0.05, 0) is 59.7 Å². The number of hydrogen-bond acceptors (Lipinski definition) is 2. The lowest BCUT2D eigenvalue weighted by Crippen LogP contribution is -2.01. The van der Waals surface area contributed by atoms with Crippen LogP contribution in [-0.2, 0) is 4.74 Å². The highest BCUT2D eigenvalue weighted by molar-refractivity contribution is 5.83. The van der Waals surface area contributed by atoms with Crippen molar-refractivity contribution < 1.29 is 9.47 Å². The van der Waals surface area contributed by atoms with Crippen molar-refractivity contribution in [1.82, 2.24) is 0 Å². The predicted molar refractivity (Wildman–Crippen MR) is 173 cm³/mol. The molecule has 0 N–H and O–H groups in total. The molecule has 0 spiro atoms. The molecule has 0 bridgehead atoms. The molecule has 40 heavy (non-hydrogen) atoms. The lowest BCUT2D eigenvalue weighted by Gasteiger charge is -2.15. The van der Waals surface area contributed by atoms with E-state index >= 15 is 0 Å². The Hall–Kier alpha value is -2.58. The van der Waals surface area contributed by atoms with Crippen LogP contribution >= 0.6 is 0 Å². The summed E-state index contributed by atoms with van der Waals surface area (Å²) >= 11 is 0. The van der Waals surface area contributed by atoms with Gasteiger partial charge in [-0.2, -0.15) is 0 Å². The molecule has 0 aliphatic heterocycles. The van der Waals surface area contributed by atoms with Gasteiger partial charge in [0, 0.05) is 6.61 Å². The van der Waals surface area contributed by atoms with Crippen LogP contribution in [0.4, 0.5) is 0 Å². The number of rotatable bonds is 21. The normalized spacial score (nSPS) is 12.0. The van der Waals surface area contributed by atoms with Crippen LogP contribution in [0.5, 0.6) is 5.75 Å². The monoisotopic (exact) mass is 542 g/mol. The van der Waals surface area contributed by atoms with Crippen LogP contribution in [0, 0.1) is 0 Å². The topological polar surface area (TPSA) is 18.5 Å². The Morgan fingerprint density at radius 2 is 0.975 bits per heavy atom. The second-order valence-corrected chi connectivity index (χ2v) is 11.3.